The molecule has 22 heavy (non-hydrogen) atoms. The Bertz CT molecular complexity index is 620. The Labute approximate surface area is 136 Å². The van der Waals surface area contributed by atoms with Crippen LogP contribution in [0.4, 0.5) is 5.82 Å². The van der Waals surface area contributed by atoms with Crippen molar-refractivity contribution in [3.63, 3.8) is 0 Å². The number of anilines is 1. The number of likely N-dealkylation sites (tertiary alicyclic amines) is 1. The molecule has 1 N–H and O–H groups in total. The van der Waals surface area contributed by atoms with Gasteiger partial charge in [0.25, 0.3) is 0 Å². The third kappa shape index (κ3) is 2.97. The summed E-state index contributed by atoms with van der Waals surface area (Å²) in [4.78, 5) is 12.6. The topological polar surface area (TPSA) is 41.1 Å². The molecule has 1 aliphatic heterocycles. The zero-order chi connectivity index (χ0) is 14.8. The molecule has 118 valence electrons. The van der Waals surface area contributed by atoms with Gasteiger partial charge in [-0.1, -0.05) is 19.3 Å². The number of aromatic nitrogens is 2. The van der Waals surface area contributed by atoms with Gasteiger partial charge in [0.15, 0.2) is 0 Å². The highest BCUT2D eigenvalue weighted by molar-refractivity contribution is 7.16. The van der Waals surface area contributed by atoms with Crippen LogP contribution in [-0.2, 0) is 0 Å². The van der Waals surface area contributed by atoms with Crippen LogP contribution in [0.5, 0.6) is 0 Å². The van der Waals surface area contributed by atoms with Crippen molar-refractivity contribution in [1.29, 1.82) is 0 Å². The molecular formula is C17H24N4S. The fourth-order valence-corrected chi connectivity index (χ4v) is 4.73. The van der Waals surface area contributed by atoms with E-state index in [-0.39, 0.29) is 0 Å². The SMILES string of the molecule is c1nc(NC2CCCN(C3CCCCC3)C2)c2ccsc2n1. The average molecular weight is 316 g/mol. The lowest BCUT2D eigenvalue weighted by Gasteiger charge is -2.40. The number of thiophene rings is 1. The van der Waals surface area contributed by atoms with Gasteiger partial charge in [-0.05, 0) is 43.7 Å². The first-order valence-electron chi connectivity index (χ1n) is 8.59. The van der Waals surface area contributed by atoms with Gasteiger partial charge in [0.2, 0.25) is 0 Å². The molecule has 1 atom stereocenters. The quantitative estimate of drug-likeness (QED) is 0.932. The van der Waals surface area contributed by atoms with Gasteiger partial charge in [-0.3, -0.25) is 4.90 Å². The summed E-state index contributed by atoms with van der Waals surface area (Å²) in [6, 6.07) is 3.47. The Balaban J connectivity index is 1.45. The standard InChI is InChI=1S/C17H24N4S/c1-2-6-14(7-3-1)21-9-4-5-13(11-21)20-16-15-8-10-22-17(15)19-12-18-16/h8,10,12-14H,1-7,9,11H2,(H,18,19,20). The minimum Gasteiger partial charge on any atom is -0.365 e. The summed E-state index contributed by atoms with van der Waals surface area (Å²) in [7, 11) is 0. The van der Waals surface area contributed by atoms with Crippen molar-refractivity contribution in [2.45, 2.75) is 57.0 Å². The Morgan fingerprint density at radius 1 is 1.09 bits per heavy atom. The summed E-state index contributed by atoms with van der Waals surface area (Å²) in [5.41, 5.74) is 0. The molecule has 1 aliphatic carbocycles. The van der Waals surface area contributed by atoms with Crippen LogP contribution in [0.3, 0.4) is 0 Å². The van der Waals surface area contributed by atoms with Crippen molar-refractivity contribution in [3.8, 4) is 0 Å². The molecular weight excluding hydrogens is 292 g/mol. The van der Waals surface area contributed by atoms with Gasteiger partial charge in [-0.15, -0.1) is 11.3 Å². The van der Waals surface area contributed by atoms with E-state index < -0.39 is 0 Å². The highest BCUT2D eigenvalue weighted by Crippen LogP contribution is 2.28. The number of nitrogens with one attached hydrogen (secondary N) is 1. The van der Waals surface area contributed by atoms with Gasteiger partial charge in [0, 0.05) is 18.6 Å². The molecule has 2 aromatic heterocycles. The molecule has 1 saturated heterocycles. The summed E-state index contributed by atoms with van der Waals surface area (Å²) in [6.45, 7) is 2.45. The monoisotopic (exact) mass is 316 g/mol. The van der Waals surface area contributed by atoms with Crippen LogP contribution in [0.2, 0.25) is 0 Å². The van der Waals surface area contributed by atoms with Crippen molar-refractivity contribution >= 4 is 27.4 Å². The van der Waals surface area contributed by atoms with Crippen molar-refractivity contribution < 1.29 is 0 Å². The minimum atomic E-state index is 0.522. The van der Waals surface area contributed by atoms with E-state index in [0.717, 1.165) is 16.7 Å². The van der Waals surface area contributed by atoms with Crippen LogP contribution in [0.1, 0.15) is 44.9 Å². The van der Waals surface area contributed by atoms with Crippen molar-refractivity contribution in [3.05, 3.63) is 17.8 Å². The van der Waals surface area contributed by atoms with Gasteiger partial charge in [0.05, 0.1) is 5.39 Å². The van der Waals surface area contributed by atoms with Gasteiger partial charge >= 0.3 is 0 Å². The van der Waals surface area contributed by atoms with Crippen molar-refractivity contribution in [2.75, 3.05) is 18.4 Å². The molecule has 0 amide bonds. The number of rotatable bonds is 3. The molecule has 3 heterocycles. The molecule has 1 saturated carbocycles. The van der Waals surface area contributed by atoms with E-state index in [2.05, 4.69) is 31.6 Å². The van der Waals surface area contributed by atoms with E-state index in [0.29, 0.717) is 6.04 Å². The largest absolute Gasteiger partial charge is 0.365 e. The second-order valence-electron chi connectivity index (χ2n) is 6.63. The molecule has 4 rings (SSSR count). The van der Waals surface area contributed by atoms with Crippen LogP contribution in [-0.4, -0.2) is 40.0 Å². The van der Waals surface area contributed by atoms with Gasteiger partial charge in [-0.2, -0.15) is 0 Å². The molecule has 4 nitrogen and oxygen atoms in total. The number of fused-ring (bicyclic) bond motifs is 1. The van der Waals surface area contributed by atoms with E-state index >= 15 is 0 Å². The Morgan fingerprint density at radius 2 is 2.00 bits per heavy atom. The van der Waals surface area contributed by atoms with E-state index in [9.17, 15) is 0 Å². The molecule has 0 spiro atoms. The highest BCUT2D eigenvalue weighted by Gasteiger charge is 2.27. The normalized spacial score (nSPS) is 24.6. The van der Waals surface area contributed by atoms with Gasteiger partial charge in [-0.25, -0.2) is 9.97 Å². The van der Waals surface area contributed by atoms with Gasteiger partial charge in [0.1, 0.15) is 17.0 Å². The lowest BCUT2D eigenvalue weighted by atomic mass is 9.92. The third-order valence-electron chi connectivity index (χ3n) is 5.15. The van der Waals surface area contributed by atoms with E-state index in [1.165, 1.54) is 63.4 Å². The van der Waals surface area contributed by atoms with E-state index in [1.807, 2.05) is 0 Å². The molecule has 0 radical (unpaired) electrons. The van der Waals surface area contributed by atoms with E-state index in [1.54, 1.807) is 17.7 Å². The summed E-state index contributed by atoms with van der Waals surface area (Å²) < 4.78 is 0. The first-order chi connectivity index (χ1) is 10.9. The Morgan fingerprint density at radius 3 is 2.91 bits per heavy atom. The average Bonchev–Trinajstić information content (AvgIpc) is 3.06. The Kier molecular flexibility index (Phi) is 4.26. The summed E-state index contributed by atoms with van der Waals surface area (Å²) in [5, 5.41) is 6.96. The third-order valence-corrected chi connectivity index (χ3v) is 5.97. The second kappa shape index (κ2) is 6.50. The molecule has 2 aliphatic rings. The fraction of sp³-hybridized carbons (Fsp3) is 0.647. The first-order valence-corrected chi connectivity index (χ1v) is 9.47. The van der Waals surface area contributed by atoms with Crippen LogP contribution in [0.25, 0.3) is 10.2 Å². The summed E-state index contributed by atoms with van der Waals surface area (Å²) in [6.07, 6.45) is 11.3. The molecule has 2 aromatic rings. The van der Waals surface area contributed by atoms with Crippen LogP contribution in [0, 0.1) is 0 Å². The van der Waals surface area contributed by atoms with Crippen LogP contribution < -0.4 is 5.32 Å². The number of hydrogen-bond donors (Lipinski definition) is 1. The smallest absolute Gasteiger partial charge is 0.138 e. The Hall–Kier alpha value is -1.20. The van der Waals surface area contributed by atoms with Crippen molar-refractivity contribution in [2.24, 2.45) is 0 Å². The predicted octanol–water partition coefficient (Wildman–Crippen LogP) is 3.90. The van der Waals surface area contributed by atoms with Crippen molar-refractivity contribution in [1.82, 2.24) is 14.9 Å². The summed E-state index contributed by atoms with van der Waals surface area (Å²) >= 11 is 1.69. The van der Waals surface area contributed by atoms with E-state index in [4.69, 9.17) is 0 Å². The maximum absolute atomic E-state index is 4.48. The molecule has 0 aromatic carbocycles. The molecule has 2 fully saturated rings. The molecule has 5 heteroatoms. The van der Waals surface area contributed by atoms with Crippen LogP contribution in [0.15, 0.2) is 17.8 Å². The zero-order valence-electron chi connectivity index (χ0n) is 13.0. The lowest BCUT2D eigenvalue weighted by Crippen LogP contribution is -2.47. The zero-order valence-corrected chi connectivity index (χ0v) is 13.8. The fourth-order valence-electron chi connectivity index (χ4n) is 4.00. The van der Waals surface area contributed by atoms with Crippen LogP contribution >= 0.6 is 11.3 Å². The maximum Gasteiger partial charge on any atom is 0.138 e. The first kappa shape index (κ1) is 14.4. The highest BCUT2D eigenvalue weighted by atomic mass is 32.1. The predicted molar refractivity (Wildman–Crippen MR) is 92.5 cm³/mol. The maximum atomic E-state index is 4.48. The molecule has 0 bridgehead atoms. The molecule has 1 unspecified atom stereocenters. The number of hydrogen-bond acceptors (Lipinski definition) is 5. The number of piperidine rings is 1. The minimum absolute atomic E-state index is 0.522. The lowest BCUT2D eigenvalue weighted by molar-refractivity contribution is 0.124. The second-order valence-corrected chi connectivity index (χ2v) is 7.53. The number of nitrogens with zero attached hydrogens (tertiary/aromatic N) is 3. The summed E-state index contributed by atoms with van der Waals surface area (Å²) in [5.74, 6) is 1.02. The van der Waals surface area contributed by atoms with Gasteiger partial charge < -0.3 is 5.32 Å².